The topological polar surface area (TPSA) is 223 Å². The highest BCUT2D eigenvalue weighted by molar-refractivity contribution is 7.91. The number of nitrogens with one attached hydrogen (secondary N) is 3. The summed E-state index contributed by atoms with van der Waals surface area (Å²) in [7, 11) is -4.04. The second kappa shape index (κ2) is 13.9. The number of nitrogen functional groups attached to an aromatic ring is 1. The molecule has 1 aliphatic rings. The number of carbonyl (C=O) groups is 4. The SMILES string of the molecule is N=C(N)c1ccc(N2CCN(CC(=O)NC[C@H](NS(=O)(=O)c3cccs3)C(=O)O)C(=O)C2)cc1.O=C(O)C(F)(F)F. The van der Waals surface area contributed by atoms with Crippen molar-refractivity contribution in [3.63, 3.8) is 0 Å². The number of nitrogens with two attached hydrogens (primary N) is 1. The number of thiophene rings is 1. The van der Waals surface area contributed by atoms with Crippen LogP contribution >= 0.6 is 11.3 Å². The van der Waals surface area contributed by atoms with Crippen LogP contribution in [0.25, 0.3) is 0 Å². The minimum Gasteiger partial charge on any atom is -0.480 e. The quantitative estimate of drug-likeness (QED) is 0.152. The third kappa shape index (κ3) is 10.0. The highest BCUT2D eigenvalue weighted by atomic mass is 32.2. The largest absolute Gasteiger partial charge is 0.490 e. The first-order valence-corrected chi connectivity index (χ1v) is 13.7. The van der Waals surface area contributed by atoms with Crippen molar-refractivity contribution in [1.29, 1.82) is 5.41 Å². The second-order valence-electron chi connectivity index (χ2n) is 8.25. The summed E-state index contributed by atoms with van der Waals surface area (Å²) in [4.78, 5) is 48.4. The lowest BCUT2D eigenvalue weighted by Gasteiger charge is -2.35. The Morgan fingerprint density at radius 3 is 2.20 bits per heavy atom. The summed E-state index contributed by atoms with van der Waals surface area (Å²) in [5.41, 5.74) is 6.80. The van der Waals surface area contributed by atoms with Crippen LogP contribution in [0, 0.1) is 5.41 Å². The van der Waals surface area contributed by atoms with Gasteiger partial charge in [-0.2, -0.15) is 17.9 Å². The van der Waals surface area contributed by atoms with Crippen molar-refractivity contribution in [2.45, 2.75) is 16.4 Å². The van der Waals surface area contributed by atoms with Crippen LogP contribution in [0.4, 0.5) is 18.9 Å². The Labute approximate surface area is 235 Å². The Morgan fingerprint density at radius 1 is 1.12 bits per heavy atom. The number of nitrogens with zero attached hydrogens (tertiary/aromatic N) is 2. The number of halogens is 3. The molecule has 0 aliphatic carbocycles. The summed E-state index contributed by atoms with van der Waals surface area (Å²) < 4.78 is 58.3. The number of carboxylic acids is 2. The zero-order valence-electron chi connectivity index (χ0n) is 20.9. The van der Waals surface area contributed by atoms with Crippen LogP contribution in [0.2, 0.25) is 0 Å². The van der Waals surface area contributed by atoms with Crippen LogP contribution in [0.15, 0.2) is 46.0 Å². The van der Waals surface area contributed by atoms with Gasteiger partial charge in [-0.1, -0.05) is 6.07 Å². The highest BCUT2D eigenvalue weighted by Crippen LogP contribution is 2.18. The van der Waals surface area contributed by atoms with Gasteiger partial charge in [0.1, 0.15) is 16.1 Å². The van der Waals surface area contributed by atoms with E-state index in [1.807, 2.05) is 4.90 Å². The van der Waals surface area contributed by atoms with Crippen LogP contribution in [0.5, 0.6) is 0 Å². The molecule has 19 heteroatoms. The normalized spacial score (nSPS) is 14.5. The third-order valence-electron chi connectivity index (χ3n) is 5.30. The lowest BCUT2D eigenvalue weighted by Crippen LogP contribution is -2.54. The Bertz CT molecular complexity index is 1370. The van der Waals surface area contributed by atoms with E-state index < -0.39 is 46.6 Å². The van der Waals surface area contributed by atoms with E-state index in [4.69, 9.17) is 21.0 Å². The summed E-state index contributed by atoms with van der Waals surface area (Å²) in [5.74, 6) is -5.14. The maximum atomic E-state index is 12.5. The fraction of sp³-hybridized carbons (Fsp3) is 0.318. The number of carboxylic acid groups (broad SMARTS) is 2. The van der Waals surface area contributed by atoms with E-state index in [0.29, 0.717) is 12.1 Å². The average molecular weight is 623 g/mol. The fourth-order valence-corrected chi connectivity index (χ4v) is 5.43. The maximum Gasteiger partial charge on any atom is 0.490 e. The van der Waals surface area contributed by atoms with E-state index in [0.717, 1.165) is 17.0 Å². The van der Waals surface area contributed by atoms with Crippen molar-refractivity contribution in [1.82, 2.24) is 14.9 Å². The zero-order valence-corrected chi connectivity index (χ0v) is 22.6. The van der Waals surface area contributed by atoms with E-state index in [1.165, 1.54) is 17.0 Å². The Morgan fingerprint density at radius 2 is 1.73 bits per heavy atom. The number of hydrogen-bond donors (Lipinski definition) is 6. The molecule has 0 unspecified atom stereocenters. The molecule has 1 saturated heterocycles. The second-order valence-corrected chi connectivity index (χ2v) is 11.1. The molecule has 1 aromatic heterocycles. The molecule has 224 valence electrons. The van der Waals surface area contributed by atoms with Gasteiger partial charge in [0.2, 0.25) is 11.8 Å². The summed E-state index contributed by atoms with van der Waals surface area (Å²) in [6.45, 7) is 0.0331. The number of piperazine rings is 1. The number of carbonyl (C=O) groups excluding carboxylic acids is 2. The molecule has 0 bridgehead atoms. The van der Waals surface area contributed by atoms with Crippen molar-refractivity contribution in [3.8, 4) is 0 Å². The molecule has 41 heavy (non-hydrogen) atoms. The first kappa shape index (κ1) is 33.0. The van der Waals surface area contributed by atoms with Gasteiger partial charge in [-0.3, -0.25) is 19.8 Å². The van der Waals surface area contributed by atoms with Gasteiger partial charge >= 0.3 is 18.1 Å². The summed E-state index contributed by atoms with van der Waals surface area (Å²) in [6.07, 6.45) is -5.08. The van der Waals surface area contributed by atoms with Crippen LogP contribution < -0.4 is 20.7 Å². The number of amidine groups is 1. The number of benzene rings is 1. The number of anilines is 1. The first-order valence-electron chi connectivity index (χ1n) is 11.3. The molecule has 2 aromatic rings. The molecule has 1 fully saturated rings. The van der Waals surface area contributed by atoms with Gasteiger partial charge in [-0.05, 0) is 35.7 Å². The molecule has 0 radical (unpaired) electrons. The zero-order chi connectivity index (χ0) is 31.0. The van der Waals surface area contributed by atoms with Crippen LogP contribution in [0.3, 0.4) is 0 Å². The molecule has 1 aromatic carbocycles. The Hall–Kier alpha value is -4.23. The van der Waals surface area contributed by atoms with E-state index in [2.05, 4.69) is 10.0 Å². The average Bonchev–Trinajstić information content (AvgIpc) is 3.44. The maximum absolute atomic E-state index is 12.5. The minimum atomic E-state index is -5.08. The van der Waals surface area contributed by atoms with E-state index in [9.17, 15) is 41.1 Å². The molecular formula is C22H25F3N6O8S2. The number of sulfonamides is 1. The standard InChI is InChI=1S/C20H24N6O6S2.C2HF3O2/c21-19(22)13-3-5-14(6-4-13)25-7-8-26(17(28)12-25)11-16(27)23-10-15(20(29)30)24-34(31,32)18-2-1-9-33-18;3-2(4,5)1(6)7/h1-6,9,15,24H,7-8,10-12H2,(H3,21,22)(H,23,27)(H,29,30);(H,6,7)/t15-;/m0./s1. The number of aliphatic carboxylic acids is 2. The molecule has 0 spiro atoms. The number of hydrogen-bond acceptors (Lipinski definition) is 9. The smallest absolute Gasteiger partial charge is 0.480 e. The first-order chi connectivity index (χ1) is 19.0. The lowest BCUT2D eigenvalue weighted by molar-refractivity contribution is -0.192. The van der Waals surface area contributed by atoms with Crippen molar-refractivity contribution in [2.75, 3.05) is 37.6 Å². The molecule has 2 amide bonds. The van der Waals surface area contributed by atoms with E-state index in [-0.39, 0.29) is 35.6 Å². The van der Waals surface area contributed by atoms with E-state index in [1.54, 1.807) is 29.6 Å². The van der Waals surface area contributed by atoms with Gasteiger partial charge in [0.15, 0.2) is 0 Å². The monoisotopic (exact) mass is 622 g/mol. The summed E-state index contributed by atoms with van der Waals surface area (Å²) >= 11 is 0.938. The number of amides is 2. The van der Waals surface area contributed by atoms with Crippen LogP contribution in [-0.2, 0) is 29.2 Å². The van der Waals surface area contributed by atoms with Crippen LogP contribution in [0.1, 0.15) is 5.56 Å². The minimum absolute atomic E-state index is 0.0375. The Balaban J connectivity index is 0.000000745. The van der Waals surface area contributed by atoms with Gasteiger partial charge in [-0.25, -0.2) is 13.2 Å². The molecule has 3 rings (SSSR count). The van der Waals surface area contributed by atoms with Gasteiger partial charge < -0.3 is 31.1 Å². The molecular weight excluding hydrogens is 597 g/mol. The van der Waals surface area contributed by atoms with Gasteiger partial charge in [-0.15, -0.1) is 11.3 Å². The van der Waals surface area contributed by atoms with Crippen LogP contribution in [-0.4, -0.2) is 98.1 Å². The molecule has 14 nitrogen and oxygen atoms in total. The Kier molecular flexibility index (Phi) is 11.2. The predicted molar refractivity (Wildman–Crippen MR) is 139 cm³/mol. The van der Waals surface area contributed by atoms with Gasteiger partial charge in [0.05, 0.1) is 13.1 Å². The summed E-state index contributed by atoms with van der Waals surface area (Å²) in [6, 6.07) is 8.19. The predicted octanol–water partition coefficient (Wildman–Crippen LogP) is -0.138. The van der Waals surface area contributed by atoms with Crippen molar-refractivity contribution < 1.29 is 51.0 Å². The lowest BCUT2D eigenvalue weighted by atomic mass is 10.1. The fourth-order valence-electron chi connectivity index (χ4n) is 3.23. The third-order valence-corrected chi connectivity index (χ3v) is 8.17. The number of alkyl halides is 3. The molecule has 0 saturated carbocycles. The molecule has 1 atom stereocenters. The molecule has 2 heterocycles. The van der Waals surface area contributed by atoms with Crippen molar-refractivity contribution in [2.24, 2.45) is 5.73 Å². The summed E-state index contributed by atoms with van der Waals surface area (Å²) in [5, 5.41) is 27.8. The molecule has 1 aliphatic heterocycles. The van der Waals surface area contributed by atoms with Crippen molar-refractivity contribution >= 4 is 56.6 Å². The number of rotatable bonds is 10. The van der Waals surface area contributed by atoms with Gasteiger partial charge in [0, 0.05) is 30.9 Å². The van der Waals surface area contributed by atoms with Gasteiger partial charge in [0.25, 0.3) is 10.0 Å². The molecule has 7 N–H and O–H groups in total. The highest BCUT2D eigenvalue weighted by Gasteiger charge is 2.38. The van der Waals surface area contributed by atoms with E-state index >= 15 is 0 Å². The van der Waals surface area contributed by atoms with Crippen molar-refractivity contribution in [3.05, 3.63) is 47.3 Å².